The minimum Gasteiger partial charge on any atom is -0.283 e. The fraction of sp³-hybridized carbons (Fsp3) is 0.235. The van der Waals surface area contributed by atoms with Gasteiger partial charge >= 0.3 is 0 Å². The maximum absolute atomic E-state index is 6.15. The number of hydrogen-bond donors (Lipinski definition) is 0. The van der Waals surface area contributed by atoms with Crippen molar-refractivity contribution < 1.29 is 0 Å². The van der Waals surface area contributed by atoms with E-state index in [0.717, 1.165) is 16.9 Å². The maximum Gasteiger partial charge on any atom is 0.183 e. The van der Waals surface area contributed by atoms with Crippen LogP contribution in [0.1, 0.15) is 31.0 Å². The molecule has 0 N–H and O–H groups in total. The van der Waals surface area contributed by atoms with Gasteiger partial charge in [-0.25, -0.2) is 4.98 Å². The van der Waals surface area contributed by atoms with Crippen molar-refractivity contribution in [1.29, 1.82) is 0 Å². The zero-order chi connectivity index (χ0) is 16.6. The second-order valence-electron chi connectivity index (χ2n) is 5.68. The Morgan fingerprint density at radius 1 is 1.04 bits per heavy atom. The van der Waals surface area contributed by atoms with Crippen LogP contribution in [-0.2, 0) is 0 Å². The molecule has 0 fully saturated rings. The van der Waals surface area contributed by atoms with Gasteiger partial charge in [-0.3, -0.25) is 4.40 Å². The summed E-state index contributed by atoms with van der Waals surface area (Å²) in [6.45, 7) is 6.19. The van der Waals surface area contributed by atoms with Crippen LogP contribution in [0.4, 0.5) is 11.5 Å². The monoisotopic (exact) mass is 346 g/mol. The molecule has 0 aliphatic heterocycles. The van der Waals surface area contributed by atoms with Gasteiger partial charge in [-0.15, -0.1) is 10.2 Å². The van der Waals surface area contributed by atoms with Crippen LogP contribution in [0.25, 0.3) is 5.65 Å². The van der Waals surface area contributed by atoms with E-state index in [2.05, 4.69) is 29.1 Å². The van der Waals surface area contributed by atoms with Gasteiger partial charge < -0.3 is 0 Å². The summed E-state index contributed by atoms with van der Waals surface area (Å²) < 4.78 is 1.94. The van der Waals surface area contributed by atoms with Gasteiger partial charge in [-0.05, 0) is 36.6 Å². The zero-order valence-corrected chi connectivity index (χ0v) is 14.6. The number of halogens is 2. The van der Waals surface area contributed by atoms with E-state index in [1.807, 2.05) is 29.7 Å². The molecular formula is C17H16Cl2N4. The molecule has 0 unspecified atom stereocenters. The number of rotatable bonds is 3. The second-order valence-corrected chi connectivity index (χ2v) is 6.49. The Morgan fingerprint density at radius 3 is 2.39 bits per heavy atom. The fourth-order valence-electron chi connectivity index (χ4n) is 2.33. The number of benzene rings is 1. The molecule has 2 heterocycles. The SMILES string of the molecule is Cc1ccc2nc(C(C)C)c(N=Nc3c(Cl)cccc3Cl)n2c1. The second kappa shape index (κ2) is 6.30. The molecule has 4 nitrogen and oxygen atoms in total. The van der Waals surface area contributed by atoms with Gasteiger partial charge in [0, 0.05) is 6.20 Å². The van der Waals surface area contributed by atoms with Crippen molar-refractivity contribution in [1.82, 2.24) is 9.38 Å². The Hall–Kier alpha value is -1.91. The molecule has 0 atom stereocenters. The van der Waals surface area contributed by atoms with Gasteiger partial charge in [-0.1, -0.05) is 49.2 Å². The van der Waals surface area contributed by atoms with Crippen LogP contribution in [0.2, 0.25) is 10.0 Å². The molecule has 6 heteroatoms. The minimum atomic E-state index is 0.228. The number of nitrogens with zero attached hydrogens (tertiary/aromatic N) is 4. The van der Waals surface area contributed by atoms with E-state index >= 15 is 0 Å². The van der Waals surface area contributed by atoms with Gasteiger partial charge in [0.15, 0.2) is 5.82 Å². The normalized spacial score (nSPS) is 11.9. The first-order valence-electron chi connectivity index (χ1n) is 7.31. The molecule has 1 aromatic carbocycles. The smallest absolute Gasteiger partial charge is 0.183 e. The number of aryl methyl sites for hydroxylation is 1. The number of hydrogen-bond acceptors (Lipinski definition) is 3. The first-order chi connectivity index (χ1) is 11.0. The third-order valence-corrected chi connectivity index (χ3v) is 4.11. The standard InChI is InChI=1S/C17H16Cl2N4/c1-10(2)15-17(23-9-11(3)7-8-14(23)20-15)22-21-16-12(18)5-4-6-13(16)19/h4-10H,1-3H3. The highest BCUT2D eigenvalue weighted by atomic mass is 35.5. The molecule has 3 rings (SSSR count). The van der Waals surface area contributed by atoms with Gasteiger partial charge in [0.2, 0.25) is 0 Å². The fourth-order valence-corrected chi connectivity index (χ4v) is 2.80. The number of pyridine rings is 1. The Bertz CT molecular complexity index is 877. The van der Waals surface area contributed by atoms with E-state index in [-0.39, 0.29) is 5.92 Å². The summed E-state index contributed by atoms with van der Waals surface area (Å²) in [7, 11) is 0. The van der Waals surface area contributed by atoms with Crippen LogP contribution in [0, 0.1) is 6.92 Å². The van der Waals surface area contributed by atoms with Gasteiger partial charge in [0.1, 0.15) is 11.3 Å². The first kappa shape index (κ1) is 16.0. The van der Waals surface area contributed by atoms with E-state index in [1.54, 1.807) is 18.2 Å². The summed E-state index contributed by atoms with van der Waals surface area (Å²) in [6.07, 6.45) is 2.00. The molecule has 0 saturated carbocycles. The van der Waals surface area contributed by atoms with Gasteiger partial charge in [0.05, 0.1) is 15.7 Å². The number of aromatic nitrogens is 2. The molecule has 0 spiro atoms. The highest BCUT2D eigenvalue weighted by Gasteiger charge is 2.15. The number of fused-ring (bicyclic) bond motifs is 1. The van der Waals surface area contributed by atoms with Crippen molar-refractivity contribution in [2.45, 2.75) is 26.7 Å². The molecule has 23 heavy (non-hydrogen) atoms. The molecule has 0 bridgehead atoms. The molecule has 0 radical (unpaired) electrons. The van der Waals surface area contributed by atoms with E-state index < -0.39 is 0 Å². The molecule has 0 amide bonds. The topological polar surface area (TPSA) is 42.0 Å². The van der Waals surface area contributed by atoms with Crippen LogP contribution in [0.15, 0.2) is 46.8 Å². The first-order valence-corrected chi connectivity index (χ1v) is 8.07. The molecule has 3 aromatic rings. The summed E-state index contributed by atoms with van der Waals surface area (Å²) >= 11 is 12.3. The summed E-state index contributed by atoms with van der Waals surface area (Å²) in [5, 5.41) is 9.62. The van der Waals surface area contributed by atoms with Gasteiger partial charge in [-0.2, -0.15) is 0 Å². The van der Waals surface area contributed by atoms with E-state index in [0.29, 0.717) is 21.6 Å². The van der Waals surface area contributed by atoms with Gasteiger partial charge in [0.25, 0.3) is 0 Å². The molecule has 2 aromatic heterocycles. The third kappa shape index (κ3) is 3.09. The van der Waals surface area contributed by atoms with Crippen LogP contribution >= 0.6 is 23.2 Å². The van der Waals surface area contributed by atoms with Crippen molar-refractivity contribution in [3.8, 4) is 0 Å². The lowest BCUT2D eigenvalue weighted by molar-refractivity contribution is 0.831. The lowest BCUT2D eigenvalue weighted by Gasteiger charge is -2.03. The molecular weight excluding hydrogens is 331 g/mol. The van der Waals surface area contributed by atoms with Crippen molar-refractivity contribution in [2.75, 3.05) is 0 Å². The van der Waals surface area contributed by atoms with Crippen LogP contribution < -0.4 is 0 Å². The minimum absolute atomic E-state index is 0.228. The van der Waals surface area contributed by atoms with Crippen molar-refractivity contribution >= 4 is 40.4 Å². The molecule has 0 aliphatic carbocycles. The van der Waals surface area contributed by atoms with E-state index in [1.165, 1.54) is 0 Å². The highest BCUT2D eigenvalue weighted by molar-refractivity contribution is 6.38. The Kier molecular flexibility index (Phi) is 4.37. The van der Waals surface area contributed by atoms with Crippen LogP contribution in [-0.4, -0.2) is 9.38 Å². The lowest BCUT2D eigenvalue weighted by Crippen LogP contribution is -1.88. The summed E-state index contributed by atoms with van der Waals surface area (Å²) in [5.74, 6) is 0.931. The average molecular weight is 347 g/mol. The predicted molar refractivity (Wildman–Crippen MR) is 94.7 cm³/mol. The maximum atomic E-state index is 6.15. The van der Waals surface area contributed by atoms with Crippen molar-refractivity contribution in [2.24, 2.45) is 10.2 Å². The number of azo groups is 1. The quantitative estimate of drug-likeness (QED) is 0.499. The summed E-state index contributed by atoms with van der Waals surface area (Å²) in [5.41, 5.74) is 3.33. The van der Waals surface area contributed by atoms with Crippen LogP contribution in [0.5, 0.6) is 0 Å². The summed E-state index contributed by atoms with van der Waals surface area (Å²) in [6, 6.07) is 9.26. The average Bonchev–Trinajstić information content (AvgIpc) is 2.85. The predicted octanol–water partition coefficient (Wildman–Crippen LogP) is 6.49. The van der Waals surface area contributed by atoms with E-state index in [9.17, 15) is 0 Å². The van der Waals surface area contributed by atoms with E-state index in [4.69, 9.17) is 23.2 Å². The number of imidazole rings is 1. The Morgan fingerprint density at radius 2 is 1.74 bits per heavy atom. The largest absolute Gasteiger partial charge is 0.283 e. The molecule has 0 saturated heterocycles. The van der Waals surface area contributed by atoms with Crippen LogP contribution in [0.3, 0.4) is 0 Å². The highest BCUT2D eigenvalue weighted by Crippen LogP contribution is 2.35. The van der Waals surface area contributed by atoms with Crippen molar-refractivity contribution in [3.05, 3.63) is 57.8 Å². The summed E-state index contributed by atoms with van der Waals surface area (Å²) in [4.78, 5) is 4.65. The third-order valence-electron chi connectivity index (χ3n) is 3.50. The van der Waals surface area contributed by atoms with Crippen molar-refractivity contribution in [3.63, 3.8) is 0 Å². The Balaban J connectivity index is 2.17. The molecule has 118 valence electrons. The zero-order valence-electron chi connectivity index (χ0n) is 13.1. The molecule has 0 aliphatic rings. The lowest BCUT2D eigenvalue weighted by atomic mass is 10.1. The Labute approximate surface area is 144 Å².